The van der Waals surface area contributed by atoms with Crippen LogP contribution in [-0.4, -0.2) is 26.3 Å². The molecule has 0 bridgehead atoms. The molecule has 0 spiro atoms. The standard InChI is InChI=1S/C23H23F3N2O3/c1-12-4-5-16(14(3)27-18-11-15(24)10-17(25)20(18)26)22-19(12)21(29)13(2)23(31-22)28-6-8-30-9-7-28/h4-5,10-11,14,27H,6-9H2,1-3H3. The second kappa shape index (κ2) is 8.26. The van der Waals surface area contributed by atoms with E-state index in [1.165, 1.54) is 0 Å². The quantitative estimate of drug-likeness (QED) is 0.598. The molecule has 0 radical (unpaired) electrons. The Balaban J connectivity index is 1.83. The molecule has 2 aromatic carbocycles. The molecular weight excluding hydrogens is 409 g/mol. The van der Waals surface area contributed by atoms with Crippen LogP contribution in [0.2, 0.25) is 0 Å². The highest BCUT2D eigenvalue weighted by atomic mass is 19.2. The number of rotatable bonds is 4. The lowest BCUT2D eigenvalue weighted by Crippen LogP contribution is -2.37. The minimum atomic E-state index is -1.28. The number of benzene rings is 2. The molecule has 1 saturated heterocycles. The summed E-state index contributed by atoms with van der Waals surface area (Å²) in [6, 6.07) is 4.34. The topological polar surface area (TPSA) is 54.7 Å². The predicted molar refractivity (Wildman–Crippen MR) is 113 cm³/mol. The SMILES string of the molecule is Cc1c(N2CCOCC2)oc2c(C(C)Nc3cc(F)cc(F)c3F)ccc(C)c2c1=O. The molecule has 0 aliphatic carbocycles. The van der Waals surface area contributed by atoms with Crippen LogP contribution in [0.1, 0.15) is 29.7 Å². The molecule has 5 nitrogen and oxygen atoms in total. The van der Waals surface area contributed by atoms with E-state index in [0.29, 0.717) is 60.3 Å². The zero-order valence-corrected chi connectivity index (χ0v) is 17.5. The van der Waals surface area contributed by atoms with Crippen LogP contribution in [0.5, 0.6) is 0 Å². The number of hydrogen-bond donors (Lipinski definition) is 1. The molecule has 0 amide bonds. The first kappa shape index (κ1) is 21.2. The molecule has 1 fully saturated rings. The summed E-state index contributed by atoms with van der Waals surface area (Å²) in [6.45, 7) is 7.51. The number of hydrogen-bond acceptors (Lipinski definition) is 5. The summed E-state index contributed by atoms with van der Waals surface area (Å²) in [6.07, 6.45) is 0. The van der Waals surface area contributed by atoms with Gasteiger partial charge in [0.1, 0.15) is 11.4 Å². The third kappa shape index (κ3) is 3.87. The molecule has 1 aliphatic heterocycles. The second-order valence-electron chi connectivity index (χ2n) is 7.75. The molecule has 1 aliphatic rings. The van der Waals surface area contributed by atoms with Gasteiger partial charge in [-0.25, -0.2) is 13.2 Å². The highest BCUT2D eigenvalue weighted by molar-refractivity contribution is 5.86. The van der Waals surface area contributed by atoms with Gasteiger partial charge in [-0.15, -0.1) is 0 Å². The van der Waals surface area contributed by atoms with Crippen LogP contribution >= 0.6 is 0 Å². The van der Waals surface area contributed by atoms with E-state index >= 15 is 0 Å². The Morgan fingerprint density at radius 2 is 1.81 bits per heavy atom. The third-order valence-corrected chi connectivity index (χ3v) is 5.61. The highest BCUT2D eigenvalue weighted by Gasteiger charge is 2.23. The molecule has 164 valence electrons. The number of halogens is 3. The number of ether oxygens (including phenoxy) is 1. The van der Waals surface area contributed by atoms with Gasteiger partial charge < -0.3 is 19.4 Å². The zero-order valence-electron chi connectivity index (χ0n) is 17.5. The molecule has 0 saturated carbocycles. The van der Waals surface area contributed by atoms with Crippen molar-refractivity contribution in [1.29, 1.82) is 0 Å². The van der Waals surface area contributed by atoms with Crippen molar-refractivity contribution in [3.8, 4) is 0 Å². The summed E-state index contributed by atoms with van der Waals surface area (Å²) in [5, 5.41) is 3.24. The van der Waals surface area contributed by atoms with Gasteiger partial charge in [0.05, 0.1) is 35.9 Å². The molecule has 8 heteroatoms. The van der Waals surface area contributed by atoms with Gasteiger partial charge in [0.2, 0.25) is 5.88 Å². The minimum Gasteiger partial charge on any atom is -0.440 e. The lowest BCUT2D eigenvalue weighted by atomic mass is 9.99. The minimum absolute atomic E-state index is 0.141. The Labute approximate surface area is 177 Å². The Morgan fingerprint density at radius 1 is 1.10 bits per heavy atom. The van der Waals surface area contributed by atoms with Gasteiger partial charge in [-0.05, 0) is 26.3 Å². The van der Waals surface area contributed by atoms with Crippen LogP contribution in [0.25, 0.3) is 11.0 Å². The van der Waals surface area contributed by atoms with Crippen LogP contribution in [0.3, 0.4) is 0 Å². The van der Waals surface area contributed by atoms with E-state index in [0.717, 1.165) is 11.6 Å². The van der Waals surface area contributed by atoms with Crippen molar-refractivity contribution in [3.63, 3.8) is 0 Å². The molecule has 2 heterocycles. The maximum atomic E-state index is 14.2. The fourth-order valence-corrected chi connectivity index (χ4v) is 3.93. The van der Waals surface area contributed by atoms with Crippen molar-refractivity contribution >= 4 is 22.5 Å². The molecule has 1 N–H and O–H groups in total. The fraction of sp³-hybridized carbons (Fsp3) is 0.348. The van der Waals surface area contributed by atoms with Crippen LogP contribution in [0.15, 0.2) is 33.5 Å². The molecule has 1 unspecified atom stereocenters. The lowest BCUT2D eigenvalue weighted by Gasteiger charge is -2.29. The Hall–Kier alpha value is -3.00. The predicted octanol–water partition coefficient (Wildman–Crippen LogP) is 4.84. The number of aryl methyl sites for hydroxylation is 1. The smallest absolute Gasteiger partial charge is 0.203 e. The normalized spacial score (nSPS) is 15.4. The van der Waals surface area contributed by atoms with Crippen molar-refractivity contribution in [1.82, 2.24) is 0 Å². The largest absolute Gasteiger partial charge is 0.440 e. The monoisotopic (exact) mass is 432 g/mol. The van der Waals surface area contributed by atoms with Gasteiger partial charge in [0.25, 0.3) is 0 Å². The zero-order chi connectivity index (χ0) is 22.3. The van der Waals surface area contributed by atoms with Gasteiger partial charge in [-0.3, -0.25) is 4.79 Å². The Kier molecular flexibility index (Phi) is 5.66. The van der Waals surface area contributed by atoms with Crippen LogP contribution < -0.4 is 15.6 Å². The van der Waals surface area contributed by atoms with Crippen molar-refractivity contribution in [2.75, 3.05) is 36.5 Å². The van der Waals surface area contributed by atoms with Gasteiger partial charge >= 0.3 is 0 Å². The molecule has 1 aromatic heterocycles. The summed E-state index contributed by atoms with van der Waals surface area (Å²) < 4.78 is 53.0. The second-order valence-corrected chi connectivity index (χ2v) is 7.75. The molecule has 4 rings (SSSR count). The van der Waals surface area contributed by atoms with E-state index in [1.807, 2.05) is 11.8 Å². The number of nitrogens with one attached hydrogen (secondary N) is 1. The van der Waals surface area contributed by atoms with Crippen molar-refractivity contribution in [3.05, 3.63) is 68.6 Å². The number of anilines is 2. The van der Waals surface area contributed by atoms with E-state index in [9.17, 15) is 18.0 Å². The summed E-state index contributed by atoms with van der Waals surface area (Å²) in [5.41, 5.74) is 1.76. The Bertz CT molecular complexity index is 1200. The molecule has 3 aromatic rings. The first-order chi connectivity index (χ1) is 14.8. The number of morpholine rings is 1. The van der Waals surface area contributed by atoms with Crippen LogP contribution in [0, 0.1) is 31.3 Å². The van der Waals surface area contributed by atoms with Crippen LogP contribution in [0.4, 0.5) is 24.7 Å². The lowest BCUT2D eigenvalue weighted by molar-refractivity contribution is 0.120. The van der Waals surface area contributed by atoms with Crippen molar-refractivity contribution in [2.24, 2.45) is 0 Å². The maximum absolute atomic E-state index is 14.2. The molecule has 1 atom stereocenters. The van der Waals surface area contributed by atoms with E-state index in [1.54, 1.807) is 26.0 Å². The summed E-state index contributed by atoms with van der Waals surface area (Å²) >= 11 is 0. The van der Waals surface area contributed by atoms with E-state index in [2.05, 4.69) is 5.32 Å². The molecular formula is C23H23F3N2O3. The maximum Gasteiger partial charge on any atom is 0.203 e. The third-order valence-electron chi connectivity index (χ3n) is 5.61. The Morgan fingerprint density at radius 3 is 2.52 bits per heavy atom. The summed E-state index contributed by atoms with van der Waals surface area (Å²) in [7, 11) is 0. The van der Waals surface area contributed by atoms with E-state index in [4.69, 9.17) is 9.15 Å². The average molecular weight is 432 g/mol. The number of nitrogens with zero attached hydrogens (tertiary/aromatic N) is 1. The summed E-state index contributed by atoms with van der Waals surface area (Å²) in [5.74, 6) is -2.86. The first-order valence-electron chi connectivity index (χ1n) is 10.1. The molecule has 31 heavy (non-hydrogen) atoms. The first-order valence-corrected chi connectivity index (χ1v) is 10.1. The van der Waals surface area contributed by atoms with Crippen LogP contribution in [-0.2, 0) is 4.74 Å². The number of fused-ring (bicyclic) bond motifs is 1. The van der Waals surface area contributed by atoms with Gasteiger partial charge in [0, 0.05) is 30.8 Å². The van der Waals surface area contributed by atoms with Gasteiger partial charge in [0.15, 0.2) is 17.1 Å². The highest BCUT2D eigenvalue weighted by Crippen LogP contribution is 2.33. The fourth-order valence-electron chi connectivity index (χ4n) is 3.93. The summed E-state index contributed by atoms with van der Waals surface area (Å²) in [4.78, 5) is 15.2. The van der Waals surface area contributed by atoms with Gasteiger partial charge in [-0.2, -0.15) is 0 Å². The van der Waals surface area contributed by atoms with Crippen molar-refractivity contribution < 1.29 is 22.3 Å². The van der Waals surface area contributed by atoms with Crippen molar-refractivity contribution in [2.45, 2.75) is 26.8 Å². The average Bonchev–Trinajstić information content (AvgIpc) is 2.74. The van der Waals surface area contributed by atoms with E-state index < -0.39 is 23.5 Å². The van der Waals surface area contributed by atoms with E-state index in [-0.39, 0.29) is 11.1 Å². The van der Waals surface area contributed by atoms with Gasteiger partial charge in [-0.1, -0.05) is 12.1 Å².